The van der Waals surface area contributed by atoms with E-state index < -0.39 is 0 Å². The van der Waals surface area contributed by atoms with Gasteiger partial charge in [0.2, 0.25) is 11.8 Å². The first-order valence-electron chi connectivity index (χ1n) is 8.49. The minimum atomic E-state index is -0.268. The smallest absolute Gasteiger partial charge is 0.246 e. The molecule has 130 valence electrons. The zero-order valence-electron chi connectivity index (χ0n) is 14.4. The number of rotatable bonds is 3. The Morgan fingerprint density at radius 2 is 1.83 bits per heavy atom. The molecule has 0 aliphatic carbocycles. The number of carbonyl (C=O) groups is 2. The van der Waals surface area contributed by atoms with Gasteiger partial charge in [0.15, 0.2) is 0 Å². The average Bonchev–Trinajstić information content (AvgIpc) is 3.11. The van der Waals surface area contributed by atoms with E-state index in [4.69, 9.17) is 0 Å². The lowest BCUT2D eigenvalue weighted by atomic mass is 10.0. The molecule has 1 aromatic carbocycles. The van der Waals surface area contributed by atoms with Crippen LogP contribution in [-0.4, -0.2) is 65.5 Å². The van der Waals surface area contributed by atoms with Crippen molar-refractivity contribution in [2.24, 2.45) is 0 Å². The Morgan fingerprint density at radius 3 is 2.46 bits per heavy atom. The maximum atomic E-state index is 12.8. The predicted molar refractivity (Wildman–Crippen MR) is 98.1 cm³/mol. The summed E-state index contributed by atoms with van der Waals surface area (Å²) in [5, 5.41) is 0. The predicted octanol–water partition coefficient (Wildman–Crippen LogP) is 2.04. The second-order valence-corrected chi connectivity index (χ2v) is 7.51. The maximum Gasteiger partial charge on any atom is 0.246 e. The lowest BCUT2D eigenvalue weighted by molar-refractivity contribution is -0.143. The van der Waals surface area contributed by atoms with E-state index in [0.717, 1.165) is 31.7 Å². The first-order valence-corrected chi connectivity index (χ1v) is 9.65. The van der Waals surface area contributed by atoms with Gasteiger partial charge in [-0.05, 0) is 25.0 Å². The molecular formula is C18H25N3O2S. The fraction of sp³-hybridized carbons (Fsp3) is 0.556. The Bertz CT molecular complexity index is 587. The highest BCUT2D eigenvalue weighted by atomic mass is 32.2. The molecule has 0 N–H and O–H groups in total. The van der Waals surface area contributed by atoms with E-state index in [2.05, 4.69) is 36.2 Å². The highest BCUT2D eigenvalue weighted by Crippen LogP contribution is 2.26. The molecule has 2 aliphatic heterocycles. The first-order chi connectivity index (χ1) is 11.6. The number of piperidine rings is 1. The molecule has 0 aromatic heterocycles. The Labute approximate surface area is 148 Å². The summed E-state index contributed by atoms with van der Waals surface area (Å²) in [6.07, 6.45) is 1.94. The van der Waals surface area contributed by atoms with Crippen LogP contribution in [0.1, 0.15) is 19.8 Å². The molecule has 3 rings (SSSR count). The third-order valence-corrected chi connectivity index (χ3v) is 6.07. The third-order valence-electron chi connectivity index (χ3n) is 5.06. The SMILES string of the molecule is CC(=O)N1CSC[C@H]1C(=O)N1CCC(N(C)c2ccccc2)CC1. The van der Waals surface area contributed by atoms with Crippen molar-refractivity contribution in [2.45, 2.75) is 31.8 Å². The van der Waals surface area contributed by atoms with Crippen molar-refractivity contribution in [1.29, 1.82) is 0 Å². The van der Waals surface area contributed by atoms with Crippen LogP contribution in [0.2, 0.25) is 0 Å². The number of benzene rings is 1. The Balaban J connectivity index is 1.57. The van der Waals surface area contributed by atoms with E-state index in [9.17, 15) is 9.59 Å². The Hall–Kier alpha value is -1.69. The topological polar surface area (TPSA) is 43.9 Å². The number of nitrogens with zero attached hydrogens (tertiary/aromatic N) is 3. The highest BCUT2D eigenvalue weighted by molar-refractivity contribution is 7.99. The maximum absolute atomic E-state index is 12.8. The summed E-state index contributed by atoms with van der Waals surface area (Å²) in [6.45, 7) is 3.09. The summed E-state index contributed by atoms with van der Waals surface area (Å²) in [4.78, 5) is 30.4. The molecule has 2 aliphatic rings. The zero-order chi connectivity index (χ0) is 17.1. The zero-order valence-corrected chi connectivity index (χ0v) is 15.2. The molecule has 2 amide bonds. The number of thioether (sulfide) groups is 1. The van der Waals surface area contributed by atoms with Gasteiger partial charge in [0.25, 0.3) is 0 Å². The molecule has 1 atom stereocenters. The van der Waals surface area contributed by atoms with Gasteiger partial charge in [-0.2, -0.15) is 0 Å². The van der Waals surface area contributed by atoms with Gasteiger partial charge in [-0.25, -0.2) is 0 Å². The van der Waals surface area contributed by atoms with Crippen LogP contribution >= 0.6 is 11.8 Å². The van der Waals surface area contributed by atoms with Crippen LogP contribution in [0.5, 0.6) is 0 Å². The molecule has 6 heteroatoms. The summed E-state index contributed by atoms with van der Waals surface area (Å²) < 4.78 is 0. The summed E-state index contributed by atoms with van der Waals surface area (Å²) in [5.41, 5.74) is 1.22. The molecule has 2 saturated heterocycles. The van der Waals surface area contributed by atoms with Gasteiger partial charge in [-0.15, -0.1) is 11.8 Å². The standard InChI is InChI=1S/C18H25N3O2S/c1-14(22)21-13-24-12-17(21)18(23)20-10-8-16(9-11-20)19(2)15-6-4-3-5-7-15/h3-7,16-17H,8-13H2,1-2H3/t17-/m0/s1. The van der Waals surface area contributed by atoms with Crippen molar-refractivity contribution in [3.63, 3.8) is 0 Å². The summed E-state index contributed by atoms with van der Waals surface area (Å²) >= 11 is 1.66. The van der Waals surface area contributed by atoms with Gasteiger partial charge < -0.3 is 14.7 Å². The quantitative estimate of drug-likeness (QED) is 0.839. The number of likely N-dealkylation sites (tertiary alicyclic amines) is 1. The van der Waals surface area contributed by atoms with E-state index in [1.807, 2.05) is 11.0 Å². The van der Waals surface area contributed by atoms with Crippen molar-refractivity contribution in [2.75, 3.05) is 36.7 Å². The second-order valence-electron chi connectivity index (χ2n) is 6.51. The van der Waals surface area contributed by atoms with E-state index in [1.165, 1.54) is 5.69 Å². The van der Waals surface area contributed by atoms with Crippen LogP contribution in [-0.2, 0) is 9.59 Å². The molecule has 0 bridgehead atoms. The molecule has 5 nitrogen and oxygen atoms in total. The molecule has 2 fully saturated rings. The summed E-state index contributed by atoms with van der Waals surface area (Å²) in [7, 11) is 2.13. The highest BCUT2D eigenvalue weighted by Gasteiger charge is 2.37. The van der Waals surface area contributed by atoms with E-state index in [1.54, 1.807) is 23.6 Å². The van der Waals surface area contributed by atoms with E-state index >= 15 is 0 Å². The normalized spacial score (nSPS) is 21.8. The van der Waals surface area contributed by atoms with Gasteiger partial charge in [-0.3, -0.25) is 9.59 Å². The van der Waals surface area contributed by atoms with Crippen molar-refractivity contribution in [3.8, 4) is 0 Å². The summed E-state index contributed by atoms with van der Waals surface area (Å²) in [5.74, 6) is 1.48. The largest absolute Gasteiger partial charge is 0.371 e. The number of hydrogen-bond donors (Lipinski definition) is 0. The lowest BCUT2D eigenvalue weighted by Crippen LogP contribution is -2.52. The van der Waals surface area contributed by atoms with Crippen molar-refractivity contribution < 1.29 is 9.59 Å². The van der Waals surface area contributed by atoms with Gasteiger partial charge in [0, 0.05) is 44.5 Å². The number of anilines is 1. The van der Waals surface area contributed by atoms with Crippen LogP contribution in [0.4, 0.5) is 5.69 Å². The minimum Gasteiger partial charge on any atom is -0.371 e. The van der Waals surface area contributed by atoms with Crippen LogP contribution in [0.15, 0.2) is 30.3 Å². The van der Waals surface area contributed by atoms with E-state index in [0.29, 0.717) is 11.9 Å². The molecule has 0 spiro atoms. The molecule has 24 heavy (non-hydrogen) atoms. The number of amides is 2. The average molecular weight is 347 g/mol. The molecular weight excluding hydrogens is 322 g/mol. The van der Waals surface area contributed by atoms with Gasteiger partial charge >= 0.3 is 0 Å². The van der Waals surface area contributed by atoms with E-state index in [-0.39, 0.29) is 17.9 Å². The Morgan fingerprint density at radius 1 is 1.17 bits per heavy atom. The first kappa shape index (κ1) is 17.1. The molecule has 0 radical (unpaired) electrons. The lowest BCUT2D eigenvalue weighted by Gasteiger charge is -2.39. The fourth-order valence-electron chi connectivity index (χ4n) is 3.52. The number of para-hydroxylation sites is 1. The van der Waals surface area contributed by atoms with Crippen LogP contribution in [0.3, 0.4) is 0 Å². The van der Waals surface area contributed by atoms with Crippen LogP contribution in [0, 0.1) is 0 Å². The van der Waals surface area contributed by atoms with Gasteiger partial charge in [-0.1, -0.05) is 18.2 Å². The molecule has 2 heterocycles. The Kier molecular flexibility index (Phi) is 5.33. The van der Waals surface area contributed by atoms with Crippen molar-refractivity contribution >= 4 is 29.3 Å². The second kappa shape index (κ2) is 7.47. The minimum absolute atomic E-state index is 0.00273. The third kappa shape index (κ3) is 3.53. The van der Waals surface area contributed by atoms with Crippen molar-refractivity contribution in [1.82, 2.24) is 9.80 Å². The number of hydrogen-bond acceptors (Lipinski definition) is 4. The van der Waals surface area contributed by atoms with Gasteiger partial charge in [0.1, 0.15) is 6.04 Å². The fourth-order valence-corrected chi connectivity index (χ4v) is 4.73. The molecule has 0 unspecified atom stereocenters. The van der Waals surface area contributed by atoms with Gasteiger partial charge in [0.05, 0.1) is 5.88 Å². The monoisotopic (exact) mass is 347 g/mol. The summed E-state index contributed by atoms with van der Waals surface area (Å²) in [6, 6.07) is 10.6. The van der Waals surface area contributed by atoms with Crippen molar-refractivity contribution in [3.05, 3.63) is 30.3 Å². The number of carbonyl (C=O) groups excluding carboxylic acids is 2. The van der Waals surface area contributed by atoms with Crippen LogP contribution in [0.25, 0.3) is 0 Å². The molecule has 1 aromatic rings. The van der Waals surface area contributed by atoms with Crippen LogP contribution < -0.4 is 4.90 Å². The molecule has 0 saturated carbocycles.